The van der Waals surface area contributed by atoms with Gasteiger partial charge in [-0.2, -0.15) is 5.10 Å². The fourth-order valence-electron chi connectivity index (χ4n) is 2.92. The Morgan fingerprint density at radius 1 is 1.43 bits per heavy atom. The van der Waals surface area contributed by atoms with Crippen molar-refractivity contribution in [3.63, 3.8) is 0 Å². The number of carbonyl (C=O) groups excluding carboxylic acids is 1. The molecule has 122 valence electrons. The van der Waals surface area contributed by atoms with Crippen molar-refractivity contribution in [3.05, 3.63) is 41.3 Å². The van der Waals surface area contributed by atoms with Gasteiger partial charge >= 0.3 is 0 Å². The molecule has 1 N–H and O–H groups in total. The molecule has 0 aliphatic heterocycles. The van der Waals surface area contributed by atoms with E-state index in [-0.39, 0.29) is 5.91 Å². The number of rotatable bonds is 5. The zero-order chi connectivity index (χ0) is 16.2. The number of nitrogens with one attached hydrogen (secondary N) is 1. The maximum atomic E-state index is 12.5. The first kappa shape index (κ1) is 16.1. The Morgan fingerprint density at radius 2 is 2.22 bits per heavy atom. The molecule has 1 aliphatic rings. The highest BCUT2D eigenvalue weighted by molar-refractivity contribution is 7.99. The van der Waals surface area contributed by atoms with Crippen molar-refractivity contribution in [1.82, 2.24) is 20.1 Å². The Morgan fingerprint density at radius 3 is 2.91 bits per heavy atom. The average Bonchev–Trinajstić information content (AvgIpc) is 3.15. The lowest BCUT2D eigenvalue weighted by Gasteiger charge is -2.12. The summed E-state index contributed by atoms with van der Waals surface area (Å²) in [5, 5.41) is 8.72. The van der Waals surface area contributed by atoms with E-state index in [0.29, 0.717) is 17.4 Å². The fraction of sp³-hybridized carbons (Fsp3) is 0.471. The van der Waals surface area contributed by atoms with Crippen LogP contribution in [0.4, 0.5) is 0 Å². The van der Waals surface area contributed by atoms with E-state index in [1.807, 2.05) is 32.2 Å². The molecular weight excluding hydrogens is 308 g/mol. The molecule has 1 saturated carbocycles. The number of aromatic nitrogens is 3. The normalized spacial score (nSPS) is 15.0. The molecule has 0 spiro atoms. The molecule has 0 unspecified atom stereocenters. The predicted molar refractivity (Wildman–Crippen MR) is 91.5 cm³/mol. The molecule has 1 aliphatic carbocycles. The standard InChI is InChI=1S/C17H22N4OS/c1-12-10-13(21(2)20-12)11-19-16(22)15-8-5-9-18-17(15)23-14-6-3-4-7-14/h5,8-10,14H,3-4,6-7,11H2,1-2H3,(H,19,22). The number of nitrogens with zero attached hydrogens (tertiary/aromatic N) is 3. The van der Waals surface area contributed by atoms with E-state index in [9.17, 15) is 4.79 Å². The molecule has 0 aromatic carbocycles. The Balaban J connectivity index is 1.68. The lowest BCUT2D eigenvalue weighted by molar-refractivity contribution is 0.0946. The summed E-state index contributed by atoms with van der Waals surface area (Å²) in [5.41, 5.74) is 2.61. The number of carbonyl (C=O) groups is 1. The molecule has 2 aromatic rings. The van der Waals surface area contributed by atoms with Gasteiger partial charge in [0.1, 0.15) is 5.03 Å². The Hall–Kier alpha value is -1.82. The molecule has 0 radical (unpaired) electrons. The molecule has 6 heteroatoms. The van der Waals surface area contributed by atoms with Crippen LogP contribution in [0.3, 0.4) is 0 Å². The van der Waals surface area contributed by atoms with E-state index < -0.39 is 0 Å². The van der Waals surface area contributed by atoms with Crippen molar-refractivity contribution < 1.29 is 4.79 Å². The second-order valence-electron chi connectivity index (χ2n) is 5.96. The summed E-state index contributed by atoms with van der Waals surface area (Å²) in [6.07, 6.45) is 6.77. The van der Waals surface area contributed by atoms with Gasteiger partial charge in [0.25, 0.3) is 5.91 Å². The van der Waals surface area contributed by atoms with E-state index in [0.717, 1.165) is 16.4 Å². The molecule has 3 rings (SSSR count). The number of aryl methyl sites for hydroxylation is 2. The third kappa shape index (κ3) is 3.93. The monoisotopic (exact) mass is 330 g/mol. The van der Waals surface area contributed by atoms with Gasteiger partial charge in [0.15, 0.2) is 0 Å². The molecule has 5 nitrogen and oxygen atoms in total. The Kier molecular flexibility index (Phi) is 5.00. The minimum absolute atomic E-state index is 0.0718. The summed E-state index contributed by atoms with van der Waals surface area (Å²) < 4.78 is 1.80. The van der Waals surface area contributed by atoms with Crippen molar-refractivity contribution in [1.29, 1.82) is 0 Å². The van der Waals surface area contributed by atoms with Crippen LogP contribution in [0.25, 0.3) is 0 Å². The summed E-state index contributed by atoms with van der Waals surface area (Å²) in [5.74, 6) is -0.0718. The van der Waals surface area contributed by atoms with Crippen LogP contribution in [0.2, 0.25) is 0 Å². The largest absolute Gasteiger partial charge is 0.346 e. The van der Waals surface area contributed by atoms with E-state index in [2.05, 4.69) is 15.4 Å². The third-order valence-electron chi connectivity index (χ3n) is 4.13. The molecule has 2 aromatic heterocycles. The van der Waals surface area contributed by atoms with Gasteiger partial charge < -0.3 is 5.32 Å². The number of hydrogen-bond acceptors (Lipinski definition) is 4. The van der Waals surface area contributed by atoms with Crippen molar-refractivity contribution in [3.8, 4) is 0 Å². The maximum absolute atomic E-state index is 12.5. The van der Waals surface area contributed by atoms with Crippen LogP contribution in [0.15, 0.2) is 29.4 Å². The van der Waals surface area contributed by atoms with Gasteiger partial charge in [0.05, 0.1) is 23.5 Å². The van der Waals surface area contributed by atoms with Gasteiger partial charge in [0, 0.05) is 18.5 Å². The molecule has 0 atom stereocenters. The summed E-state index contributed by atoms with van der Waals surface area (Å²) in [6.45, 7) is 2.42. The zero-order valence-corrected chi connectivity index (χ0v) is 14.4. The molecule has 2 heterocycles. The number of thioether (sulfide) groups is 1. The smallest absolute Gasteiger partial charge is 0.254 e. The first-order valence-corrected chi connectivity index (χ1v) is 8.91. The Bertz CT molecular complexity index is 692. The first-order valence-electron chi connectivity index (χ1n) is 8.03. The minimum atomic E-state index is -0.0718. The van der Waals surface area contributed by atoms with Gasteiger partial charge in [0.2, 0.25) is 0 Å². The lowest BCUT2D eigenvalue weighted by atomic mass is 10.2. The highest BCUT2D eigenvalue weighted by Gasteiger charge is 2.20. The van der Waals surface area contributed by atoms with Crippen LogP contribution >= 0.6 is 11.8 Å². The van der Waals surface area contributed by atoms with Crippen LogP contribution < -0.4 is 5.32 Å². The number of hydrogen-bond donors (Lipinski definition) is 1. The summed E-state index contributed by atoms with van der Waals surface area (Å²) in [7, 11) is 1.89. The molecule has 1 fully saturated rings. The summed E-state index contributed by atoms with van der Waals surface area (Å²) >= 11 is 1.75. The highest BCUT2D eigenvalue weighted by atomic mass is 32.2. The fourth-order valence-corrected chi connectivity index (χ4v) is 4.21. The van der Waals surface area contributed by atoms with Gasteiger partial charge in [-0.15, -0.1) is 11.8 Å². The lowest BCUT2D eigenvalue weighted by Crippen LogP contribution is -2.25. The molecular formula is C17H22N4OS. The van der Waals surface area contributed by atoms with Crippen molar-refractivity contribution in [2.24, 2.45) is 7.05 Å². The second-order valence-corrected chi connectivity index (χ2v) is 7.25. The van der Waals surface area contributed by atoms with Crippen molar-refractivity contribution in [2.75, 3.05) is 0 Å². The van der Waals surface area contributed by atoms with Crippen molar-refractivity contribution in [2.45, 2.75) is 49.4 Å². The van der Waals surface area contributed by atoms with Crippen LogP contribution in [-0.2, 0) is 13.6 Å². The number of pyridine rings is 1. The van der Waals surface area contributed by atoms with E-state index >= 15 is 0 Å². The van der Waals surface area contributed by atoms with E-state index in [1.54, 1.807) is 22.6 Å². The third-order valence-corrected chi connectivity index (χ3v) is 5.48. The molecule has 0 saturated heterocycles. The first-order chi connectivity index (χ1) is 11.1. The molecule has 1 amide bonds. The minimum Gasteiger partial charge on any atom is -0.346 e. The topological polar surface area (TPSA) is 59.8 Å². The van der Waals surface area contributed by atoms with Crippen LogP contribution in [0, 0.1) is 6.92 Å². The predicted octanol–water partition coefficient (Wildman–Crippen LogP) is 3.09. The van der Waals surface area contributed by atoms with Crippen LogP contribution in [0.5, 0.6) is 0 Å². The van der Waals surface area contributed by atoms with Gasteiger partial charge in [-0.1, -0.05) is 12.8 Å². The summed E-state index contributed by atoms with van der Waals surface area (Å²) in [4.78, 5) is 17.0. The van der Waals surface area contributed by atoms with Crippen LogP contribution in [-0.4, -0.2) is 25.9 Å². The molecule has 0 bridgehead atoms. The van der Waals surface area contributed by atoms with Gasteiger partial charge in [-0.3, -0.25) is 9.48 Å². The van der Waals surface area contributed by atoms with E-state index in [1.165, 1.54) is 25.7 Å². The van der Waals surface area contributed by atoms with Crippen LogP contribution in [0.1, 0.15) is 47.4 Å². The second kappa shape index (κ2) is 7.17. The van der Waals surface area contributed by atoms with Crippen molar-refractivity contribution >= 4 is 17.7 Å². The quantitative estimate of drug-likeness (QED) is 0.915. The average molecular weight is 330 g/mol. The van der Waals surface area contributed by atoms with Gasteiger partial charge in [-0.05, 0) is 38.0 Å². The Labute approximate surface area is 140 Å². The maximum Gasteiger partial charge on any atom is 0.254 e. The highest BCUT2D eigenvalue weighted by Crippen LogP contribution is 2.35. The molecule has 23 heavy (non-hydrogen) atoms. The number of amides is 1. The SMILES string of the molecule is Cc1cc(CNC(=O)c2cccnc2SC2CCCC2)n(C)n1. The van der Waals surface area contributed by atoms with Gasteiger partial charge in [-0.25, -0.2) is 4.98 Å². The van der Waals surface area contributed by atoms with E-state index in [4.69, 9.17) is 0 Å². The summed E-state index contributed by atoms with van der Waals surface area (Å²) in [6, 6.07) is 5.66. The zero-order valence-electron chi connectivity index (χ0n) is 13.6.